The number of nitrogens with one attached hydrogen (secondary N) is 1. The summed E-state index contributed by atoms with van der Waals surface area (Å²) in [6, 6.07) is 1.20. The molecule has 0 saturated carbocycles. The van der Waals surface area contributed by atoms with Gasteiger partial charge in [-0.3, -0.25) is 4.79 Å². The highest BCUT2D eigenvalue weighted by molar-refractivity contribution is 5.83. The number of hydrogen-bond donors (Lipinski definition) is 2. The van der Waals surface area contributed by atoms with E-state index in [-0.39, 0.29) is 18.6 Å². The van der Waals surface area contributed by atoms with Crippen LogP contribution in [0, 0.1) is 0 Å². The fraction of sp³-hybridized carbons (Fsp3) is 0.545. The highest BCUT2D eigenvalue weighted by atomic mass is 16.5. The monoisotopic (exact) mass is 253 g/mol. The summed E-state index contributed by atoms with van der Waals surface area (Å²) in [5.41, 5.74) is 5.66. The zero-order valence-electron chi connectivity index (χ0n) is 11.1. The van der Waals surface area contributed by atoms with E-state index < -0.39 is 0 Å². The van der Waals surface area contributed by atoms with Crippen molar-refractivity contribution in [1.29, 1.82) is 0 Å². The van der Waals surface area contributed by atoms with Crippen LogP contribution in [0.4, 0.5) is 11.6 Å². The fourth-order valence-electron chi connectivity index (χ4n) is 1.46. The summed E-state index contributed by atoms with van der Waals surface area (Å²) in [6.45, 7) is 2.03. The molecular weight excluding hydrogens is 234 g/mol. The lowest BCUT2D eigenvalue weighted by atomic mass is 10.3. The lowest BCUT2D eigenvalue weighted by molar-refractivity contribution is -0.129. The number of likely N-dealkylation sites (N-methyl/N-ethyl adjacent to an activating group) is 1. The lowest BCUT2D eigenvalue weighted by Gasteiger charge is -2.18. The molecule has 0 radical (unpaired) electrons. The van der Waals surface area contributed by atoms with Crippen LogP contribution in [0.2, 0.25) is 0 Å². The number of carbonyl (C=O) groups is 1. The molecule has 7 heteroatoms. The van der Waals surface area contributed by atoms with Gasteiger partial charge in [0.05, 0.1) is 0 Å². The predicted octanol–water partition coefficient (Wildman–Crippen LogP) is 0.0938. The Labute approximate surface area is 106 Å². The molecule has 0 aliphatic carbocycles. The second-order valence-corrected chi connectivity index (χ2v) is 4.13. The lowest BCUT2D eigenvalue weighted by Crippen LogP contribution is -2.36. The van der Waals surface area contributed by atoms with E-state index in [0.717, 1.165) is 0 Å². The third-order valence-corrected chi connectivity index (χ3v) is 2.24. The van der Waals surface area contributed by atoms with Crippen molar-refractivity contribution in [3.05, 3.63) is 11.9 Å². The molecule has 1 amide bonds. The van der Waals surface area contributed by atoms with Crippen molar-refractivity contribution < 1.29 is 9.53 Å². The smallest absolute Gasteiger partial charge is 0.244 e. The van der Waals surface area contributed by atoms with Crippen LogP contribution in [0.3, 0.4) is 0 Å². The molecular formula is C11H19N5O2. The van der Waals surface area contributed by atoms with Gasteiger partial charge in [0, 0.05) is 27.3 Å². The molecule has 1 heterocycles. The third kappa shape index (κ3) is 3.85. The van der Waals surface area contributed by atoms with Crippen molar-refractivity contribution in [1.82, 2.24) is 14.9 Å². The summed E-state index contributed by atoms with van der Waals surface area (Å²) in [6.07, 6.45) is 0. The topological polar surface area (TPSA) is 93.4 Å². The van der Waals surface area contributed by atoms with Gasteiger partial charge in [-0.1, -0.05) is 0 Å². The van der Waals surface area contributed by atoms with Gasteiger partial charge in [-0.15, -0.1) is 0 Å². The first kappa shape index (κ1) is 14.2. The van der Waals surface area contributed by atoms with E-state index in [1.165, 1.54) is 4.90 Å². The Balaban J connectivity index is 2.80. The number of rotatable bonds is 5. The maximum atomic E-state index is 11.7. The quantitative estimate of drug-likeness (QED) is 0.772. The van der Waals surface area contributed by atoms with Gasteiger partial charge in [-0.05, 0) is 6.92 Å². The Morgan fingerprint density at radius 2 is 2.22 bits per heavy atom. The number of ether oxygens (including phenoxy) is 1. The van der Waals surface area contributed by atoms with Crippen LogP contribution in [-0.2, 0) is 16.1 Å². The van der Waals surface area contributed by atoms with Crippen LogP contribution >= 0.6 is 0 Å². The number of anilines is 2. The molecule has 1 unspecified atom stereocenters. The van der Waals surface area contributed by atoms with Crippen molar-refractivity contribution in [2.75, 3.05) is 32.3 Å². The van der Waals surface area contributed by atoms with Gasteiger partial charge in [-0.25, -0.2) is 9.97 Å². The second-order valence-electron chi connectivity index (χ2n) is 4.13. The van der Waals surface area contributed by atoms with E-state index in [9.17, 15) is 4.79 Å². The SMILES string of the molecule is COCc1nc(N)cc(NC(C)C(=O)N(C)C)n1. The number of aromatic nitrogens is 2. The number of nitrogens with two attached hydrogens (primary N) is 1. The highest BCUT2D eigenvalue weighted by Gasteiger charge is 2.15. The molecule has 0 aliphatic rings. The summed E-state index contributed by atoms with van der Waals surface area (Å²) >= 11 is 0. The average molecular weight is 253 g/mol. The zero-order chi connectivity index (χ0) is 13.7. The molecule has 18 heavy (non-hydrogen) atoms. The molecule has 3 N–H and O–H groups in total. The van der Waals surface area contributed by atoms with Crippen LogP contribution in [0.1, 0.15) is 12.7 Å². The van der Waals surface area contributed by atoms with Crippen LogP contribution < -0.4 is 11.1 Å². The molecule has 1 aromatic heterocycles. The Bertz CT molecular complexity index is 422. The maximum Gasteiger partial charge on any atom is 0.244 e. The molecule has 0 spiro atoms. The first-order valence-corrected chi connectivity index (χ1v) is 5.54. The van der Waals surface area contributed by atoms with E-state index >= 15 is 0 Å². The average Bonchev–Trinajstić information content (AvgIpc) is 2.27. The fourth-order valence-corrected chi connectivity index (χ4v) is 1.46. The Morgan fingerprint density at radius 1 is 1.56 bits per heavy atom. The minimum Gasteiger partial charge on any atom is -0.384 e. The van der Waals surface area contributed by atoms with Crippen molar-refractivity contribution in [2.24, 2.45) is 0 Å². The third-order valence-electron chi connectivity index (χ3n) is 2.24. The minimum atomic E-state index is -0.385. The van der Waals surface area contributed by atoms with Gasteiger partial charge in [0.1, 0.15) is 24.3 Å². The van der Waals surface area contributed by atoms with Gasteiger partial charge in [-0.2, -0.15) is 0 Å². The van der Waals surface area contributed by atoms with Crippen molar-refractivity contribution in [3.8, 4) is 0 Å². The number of amides is 1. The van der Waals surface area contributed by atoms with Crippen LogP contribution in [0.5, 0.6) is 0 Å². The molecule has 1 rings (SSSR count). The van der Waals surface area contributed by atoms with E-state index in [2.05, 4.69) is 15.3 Å². The van der Waals surface area contributed by atoms with Gasteiger partial charge in [0.15, 0.2) is 5.82 Å². The largest absolute Gasteiger partial charge is 0.384 e. The molecule has 0 saturated heterocycles. The number of hydrogen-bond acceptors (Lipinski definition) is 6. The number of nitrogens with zero attached hydrogens (tertiary/aromatic N) is 3. The summed E-state index contributed by atoms with van der Waals surface area (Å²) in [5.74, 6) is 1.28. The Hall–Kier alpha value is -1.89. The first-order chi connectivity index (χ1) is 8.43. The number of carbonyl (C=O) groups excluding carboxylic acids is 1. The number of methoxy groups -OCH3 is 1. The van der Waals surface area contributed by atoms with Crippen LogP contribution in [-0.4, -0.2) is 48.0 Å². The van der Waals surface area contributed by atoms with Gasteiger partial charge >= 0.3 is 0 Å². The Kier molecular flexibility index (Phi) is 4.85. The van der Waals surface area contributed by atoms with Crippen molar-refractivity contribution in [3.63, 3.8) is 0 Å². The molecule has 0 aliphatic heterocycles. The first-order valence-electron chi connectivity index (χ1n) is 5.54. The normalized spacial score (nSPS) is 12.0. The maximum absolute atomic E-state index is 11.7. The van der Waals surface area contributed by atoms with Crippen LogP contribution in [0.15, 0.2) is 6.07 Å². The predicted molar refractivity (Wildman–Crippen MR) is 68.9 cm³/mol. The van der Waals surface area contributed by atoms with E-state index in [1.54, 1.807) is 34.2 Å². The van der Waals surface area contributed by atoms with Crippen molar-refractivity contribution in [2.45, 2.75) is 19.6 Å². The molecule has 1 atom stereocenters. The molecule has 100 valence electrons. The van der Waals surface area contributed by atoms with E-state index in [0.29, 0.717) is 17.5 Å². The summed E-state index contributed by atoms with van der Waals surface area (Å²) in [7, 11) is 4.95. The standard InChI is InChI=1S/C11H19N5O2/c1-7(11(17)16(2)3)13-9-5-8(12)14-10(15-9)6-18-4/h5,7H,6H2,1-4H3,(H3,12,13,14,15). The minimum absolute atomic E-state index is 0.0412. The van der Waals surface area contributed by atoms with E-state index in [1.807, 2.05) is 0 Å². The zero-order valence-corrected chi connectivity index (χ0v) is 11.1. The van der Waals surface area contributed by atoms with Gasteiger partial charge < -0.3 is 20.7 Å². The summed E-state index contributed by atoms with van der Waals surface area (Å²) < 4.78 is 4.95. The second kappa shape index (κ2) is 6.15. The summed E-state index contributed by atoms with van der Waals surface area (Å²) in [5, 5.41) is 2.98. The highest BCUT2D eigenvalue weighted by Crippen LogP contribution is 2.10. The molecule has 0 fully saturated rings. The molecule has 1 aromatic rings. The number of nitrogen functional groups attached to an aromatic ring is 1. The van der Waals surface area contributed by atoms with Gasteiger partial charge in [0.2, 0.25) is 5.91 Å². The van der Waals surface area contributed by atoms with Crippen LogP contribution in [0.25, 0.3) is 0 Å². The van der Waals surface area contributed by atoms with Crippen molar-refractivity contribution >= 4 is 17.5 Å². The molecule has 7 nitrogen and oxygen atoms in total. The Morgan fingerprint density at radius 3 is 2.78 bits per heavy atom. The van der Waals surface area contributed by atoms with Gasteiger partial charge in [0.25, 0.3) is 0 Å². The van der Waals surface area contributed by atoms with E-state index in [4.69, 9.17) is 10.5 Å². The summed E-state index contributed by atoms with van der Waals surface area (Å²) in [4.78, 5) is 21.4. The molecule has 0 bridgehead atoms. The molecule has 0 aromatic carbocycles.